The summed E-state index contributed by atoms with van der Waals surface area (Å²) in [5.41, 5.74) is 0.339. The van der Waals surface area contributed by atoms with Crippen molar-refractivity contribution in [1.82, 2.24) is 10.2 Å². The Morgan fingerprint density at radius 2 is 2.07 bits per heavy atom. The minimum Gasteiger partial charge on any atom is -0.304 e. The molecular formula is C12H24N2S. The molecule has 2 heterocycles. The third kappa shape index (κ3) is 2.69. The number of nitrogens with one attached hydrogen (secondary N) is 1. The summed E-state index contributed by atoms with van der Waals surface area (Å²) in [4.78, 5) is 2.98. The van der Waals surface area contributed by atoms with E-state index in [1.807, 2.05) is 0 Å². The fourth-order valence-electron chi connectivity index (χ4n) is 2.76. The summed E-state index contributed by atoms with van der Waals surface area (Å²) in [7, 11) is 0. The molecule has 1 N–H and O–H groups in total. The van der Waals surface area contributed by atoms with E-state index in [1.54, 1.807) is 0 Å². The van der Waals surface area contributed by atoms with Crippen molar-refractivity contribution < 1.29 is 0 Å². The van der Waals surface area contributed by atoms with E-state index in [0.717, 1.165) is 0 Å². The Morgan fingerprint density at radius 3 is 2.67 bits per heavy atom. The molecule has 1 atom stereocenters. The van der Waals surface area contributed by atoms with Crippen molar-refractivity contribution in [3.05, 3.63) is 0 Å². The number of nitrogens with zero attached hydrogens (tertiary/aromatic N) is 1. The van der Waals surface area contributed by atoms with E-state index in [4.69, 9.17) is 0 Å². The third-order valence-corrected chi connectivity index (χ3v) is 5.54. The topological polar surface area (TPSA) is 15.3 Å². The van der Waals surface area contributed by atoms with Crippen molar-refractivity contribution in [3.8, 4) is 0 Å². The standard InChI is InChI=1S/C12H24N2S/c1-4-14-8-5-6-12(7-9-14)13-11(2,3)10-15-12/h13H,4-10H2,1-3H3. The third-order valence-electron chi connectivity index (χ3n) is 3.61. The van der Waals surface area contributed by atoms with E-state index in [9.17, 15) is 0 Å². The summed E-state index contributed by atoms with van der Waals surface area (Å²) in [6, 6.07) is 0. The number of likely N-dealkylation sites (tertiary alicyclic amines) is 1. The van der Waals surface area contributed by atoms with Crippen LogP contribution in [0, 0.1) is 0 Å². The van der Waals surface area contributed by atoms with Crippen LogP contribution in [-0.4, -0.2) is 40.7 Å². The molecule has 0 saturated carbocycles. The van der Waals surface area contributed by atoms with E-state index >= 15 is 0 Å². The van der Waals surface area contributed by atoms with Crippen molar-refractivity contribution >= 4 is 11.8 Å². The maximum absolute atomic E-state index is 3.87. The van der Waals surface area contributed by atoms with Gasteiger partial charge in [0.05, 0.1) is 4.87 Å². The predicted molar refractivity (Wildman–Crippen MR) is 68.4 cm³/mol. The fraction of sp³-hybridized carbons (Fsp3) is 1.00. The summed E-state index contributed by atoms with van der Waals surface area (Å²) >= 11 is 2.16. The molecule has 0 amide bonds. The molecular weight excluding hydrogens is 204 g/mol. The Labute approximate surface area is 98.2 Å². The molecule has 0 aromatic carbocycles. The summed E-state index contributed by atoms with van der Waals surface area (Å²) < 4.78 is 0. The lowest BCUT2D eigenvalue weighted by atomic mass is 10.0. The molecule has 0 aromatic rings. The van der Waals surface area contributed by atoms with Crippen LogP contribution >= 0.6 is 11.8 Å². The van der Waals surface area contributed by atoms with Crippen LogP contribution in [0.2, 0.25) is 0 Å². The first-order valence-corrected chi connectivity index (χ1v) is 7.19. The second kappa shape index (κ2) is 4.27. The van der Waals surface area contributed by atoms with E-state index in [1.165, 1.54) is 44.6 Å². The summed E-state index contributed by atoms with van der Waals surface area (Å²) in [5, 5.41) is 3.87. The normalized spacial score (nSPS) is 37.0. The lowest BCUT2D eigenvalue weighted by molar-refractivity contribution is 0.288. The second-order valence-electron chi connectivity index (χ2n) is 5.58. The summed E-state index contributed by atoms with van der Waals surface area (Å²) in [6.45, 7) is 10.7. The monoisotopic (exact) mass is 228 g/mol. The quantitative estimate of drug-likeness (QED) is 0.741. The van der Waals surface area contributed by atoms with Crippen molar-refractivity contribution in [3.63, 3.8) is 0 Å². The molecule has 1 spiro atoms. The molecule has 88 valence electrons. The molecule has 1 unspecified atom stereocenters. The molecule has 2 nitrogen and oxygen atoms in total. The fourth-order valence-corrected chi connectivity index (χ4v) is 4.34. The van der Waals surface area contributed by atoms with Crippen LogP contribution in [0.25, 0.3) is 0 Å². The van der Waals surface area contributed by atoms with Gasteiger partial charge in [0.1, 0.15) is 0 Å². The van der Waals surface area contributed by atoms with Crippen LogP contribution in [-0.2, 0) is 0 Å². The van der Waals surface area contributed by atoms with Crippen LogP contribution < -0.4 is 5.32 Å². The number of hydrogen-bond acceptors (Lipinski definition) is 3. The zero-order valence-electron chi connectivity index (χ0n) is 10.3. The molecule has 2 aliphatic heterocycles. The molecule has 0 aliphatic carbocycles. The molecule has 0 aromatic heterocycles. The first kappa shape index (κ1) is 11.7. The van der Waals surface area contributed by atoms with Crippen LogP contribution in [0.3, 0.4) is 0 Å². The first-order chi connectivity index (χ1) is 7.05. The number of hydrogen-bond donors (Lipinski definition) is 1. The molecule has 2 fully saturated rings. The van der Waals surface area contributed by atoms with Crippen LogP contribution in [0.15, 0.2) is 0 Å². The smallest absolute Gasteiger partial charge is 0.0662 e. The Balaban J connectivity index is 1.99. The predicted octanol–water partition coefficient (Wildman–Crippen LogP) is 2.30. The van der Waals surface area contributed by atoms with Gasteiger partial charge in [0.25, 0.3) is 0 Å². The highest BCUT2D eigenvalue weighted by Gasteiger charge is 2.43. The van der Waals surface area contributed by atoms with Gasteiger partial charge in [-0.15, -0.1) is 11.8 Å². The van der Waals surface area contributed by atoms with E-state index < -0.39 is 0 Å². The van der Waals surface area contributed by atoms with Crippen LogP contribution in [0.1, 0.15) is 40.0 Å². The Morgan fingerprint density at radius 1 is 1.27 bits per heavy atom. The van der Waals surface area contributed by atoms with Crippen molar-refractivity contribution in [1.29, 1.82) is 0 Å². The molecule has 2 saturated heterocycles. The maximum Gasteiger partial charge on any atom is 0.0662 e. The van der Waals surface area contributed by atoms with Gasteiger partial charge >= 0.3 is 0 Å². The lowest BCUT2D eigenvalue weighted by Crippen LogP contribution is -2.47. The highest BCUT2D eigenvalue weighted by atomic mass is 32.2. The molecule has 3 heteroatoms. The van der Waals surface area contributed by atoms with E-state index in [2.05, 4.69) is 42.7 Å². The molecule has 0 bridgehead atoms. The second-order valence-corrected chi connectivity index (χ2v) is 6.94. The molecule has 2 rings (SSSR count). The average Bonchev–Trinajstić information content (AvgIpc) is 2.37. The zero-order chi connectivity index (χ0) is 10.9. The Kier molecular flexibility index (Phi) is 3.34. The maximum atomic E-state index is 3.87. The van der Waals surface area contributed by atoms with Crippen molar-refractivity contribution in [2.75, 3.05) is 25.4 Å². The van der Waals surface area contributed by atoms with Gasteiger partial charge in [-0.05, 0) is 46.2 Å². The van der Waals surface area contributed by atoms with Gasteiger partial charge in [0.2, 0.25) is 0 Å². The lowest BCUT2D eigenvalue weighted by Gasteiger charge is -2.30. The highest BCUT2D eigenvalue weighted by Crippen LogP contribution is 2.42. The zero-order valence-corrected chi connectivity index (χ0v) is 11.1. The Bertz CT molecular complexity index is 230. The summed E-state index contributed by atoms with van der Waals surface area (Å²) in [6.07, 6.45) is 4.01. The molecule has 15 heavy (non-hydrogen) atoms. The van der Waals surface area contributed by atoms with Crippen molar-refractivity contribution in [2.24, 2.45) is 0 Å². The van der Waals surface area contributed by atoms with Gasteiger partial charge in [-0.1, -0.05) is 6.92 Å². The van der Waals surface area contributed by atoms with Gasteiger partial charge in [0.15, 0.2) is 0 Å². The highest BCUT2D eigenvalue weighted by molar-refractivity contribution is 8.00. The number of thioether (sulfide) groups is 1. The minimum atomic E-state index is 0.339. The number of rotatable bonds is 1. The Hall–Kier alpha value is 0.270. The van der Waals surface area contributed by atoms with Gasteiger partial charge in [-0.25, -0.2) is 0 Å². The average molecular weight is 228 g/mol. The van der Waals surface area contributed by atoms with Gasteiger partial charge in [-0.3, -0.25) is 5.32 Å². The summed E-state index contributed by atoms with van der Waals surface area (Å²) in [5.74, 6) is 1.26. The van der Waals surface area contributed by atoms with Crippen LogP contribution in [0.4, 0.5) is 0 Å². The minimum absolute atomic E-state index is 0.339. The van der Waals surface area contributed by atoms with Crippen LogP contribution in [0.5, 0.6) is 0 Å². The van der Waals surface area contributed by atoms with Crippen molar-refractivity contribution in [2.45, 2.75) is 50.4 Å². The van der Waals surface area contributed by atoms with Gasteiger partial charge < -0.3 is 4.90 Å². The van der Waals surface area contributed by atoms with E-state index in [-0.39, 0.29) is 0 Å². The van der Waals surface area contributed by atoms with Gasteiger partial charge in [0, 0.05) is 17.8 Å². The molecule has 2 aliphatic rings. The van der Waals surface area contributed by atoms with Gasteiger partial charge in [-0.2, -0.15) is 0 Å². The largest absolute Gasteiger partial charge is 0.304 e. The van der Waals surface area contributed by atoms with E-state index in [0.29, 0.717) is 10.4 Å². The molecule has 0 radical (unpaired) electrons. The first-order valence-electron chi connectivity index (χ1n) is 6.21. The SMILES string of the molecule is CCN1CCCC2(CC1)NC(C)(C)CS2.